The highest BCUT2D eigenvalue weighted by atomic mass is 35.5. The average molecular weight is 250 g/mol. The summed E-state index contributed by atoms with van der Waals surface area (Å²) in [4.78, 5) is 0. The summed E-state index contributed by atoms with van der Waals surface area (Å²) in [6.45, 7) is 1.98. The summed E-state index contributed by atoms with van der Waals surface area (Å²) < 4.78 is 27.2. The van der Waals surface area contributed by atoms with E-state index in [-0.39, 0.29) is 5.69 Å². The second-order valence-electron chi connectivity index (χ2n) is 2.84. The van der Waals surface area contributed by atoms with Crippen molar-refractivity contribution in [1.82, 2.24) is 4.72 Å². The lowest BCUT2D eigenvalue weighted by Gasteiger charge is -2.09. The van der Waals surface area contributed by atoms with Crippen LogP contribution in [0, 0.1) is 0 Å². The Bertz CT molecular complexity index is 447. The molecule has 0 bridgehead atoms. The molecular weight excluding hydrogens is 238 g/mol. The molecule has 1 aromatic carbocycles. The van der Waals surface area contributed by atoms with Crippen molar-refractivity contribution in [3.05, 3.63) is 23.2 Å². The number of halogens is 1. The van der Waals surface area contributed by atoms with Crippen molar-refractivity contribution in [3.63, 3.8) is 0 Å². The number of benzene rings is 1. The summed E-state index contributed by atoms with van der Waals surface area (Å²) in [5.41, 5.74) is 6.21. The Morgan fingerprint density at radius 1 is 1.47 bits per heavy atom. The smallest absolute Gasteiger partial charge is 0.299 e. The molecule has 0 aliphatic heterocycles. The van der Waals surface area contributed by atoms with Crippen LogP contribution in [-0.4, -0.2) is 15.0 Å². The van der Waals surface area contributed by atoms with E-state index < -0.39 is 10.2 Å². The van der Waals surface area contributed by atoms with Crippen molar-refractivity contribution >= 4 is 33.2 Å². The van der Waals surface area contributed by atoms with Crippen LogP contribution in [0.3, 0.4) is 0 Å². The minimum atomic E-state index is -3.56. The van der Waals surface area contributed by atoms with Crippen LogP contribution >= 0.6 is 11.6 Å². The quantitative estimate of drug-likeness (QED) is 0.701. The van der Waals surface area contributed by atoms with Gasteiger partial charge in [0.15, 0.2) is 0 Å². The van der Waals surface area contributed by atoms with E-state index in [0.29, 0.717) is 17.3 Å². The van der Waals surface area contributed by atoms with E-state index in [4.69, 9.17) is 17.3 Å². The van der Waals surface area contributed by atoms with Gasteiger partial charge in [-0.1, -0.05) is 18.5 Å². The van der Waals surface area contributed by atoms with Crippen LogP contribution in [0.1, 0.15) is 6.92 Å². The van der Waals surface area contributed by atoms with Crippen molar-refractivity contribution in [2.45, 2.75) is 6.92 Å². The van der Waals surface area contributed by atoms with E-state index in [2.05, 4.69) is 9.44 Å². The molecule has 0 radical (unpaired) electrons. The second-order valence-corrected chi connectivity index (χ2v) is 4.75. The van der Waals surface area contributed by atoms with Gasteiger partial charge in [-0.3, -0.25) is 4.72 Å². The van der Waals surface area contributed by atoms with E-state index >= 15 is 0 Å². The second kappa shape index (κ2) is 4.69. The number of rotatable bonds is 4. The maximum absolute atomic E-state index is 11.3. The summed E-state index contributed by atoms with van der Waals surface area (Å²) in [6, 6.07) is 4.57. The molecule has 0 saturated heterocycles. The van der Waals surface area contributed by atoms with Crippen LogP contribution < -0.4 is 15.2 Å². The van der Waals surface area contributed by atoms with Crippen molar-refractivity contribution in [2.24, 2.45) is 0 Å². The zero-order chi connectivity index (χ0) is 11.5. The highest BCUT2D eigenvalue weighted by Gasteiger charge is 2.10. The predicted molar refractivity (Wildman–Crippen MR) is 62.1 cm³/mol. The monoisotopic (exact) mass is 249 g/mol. The molecule has 0 atom stereocenters. The van der Waals surface area contributed by atoms with Gasteiger partial charge in [-0.15, -0.1) is 0 Å². The largest absolute Gasteiger partial charge is 0.399 e. The molecule has 0 aliphatic carbocycles. The molecule has 1 rings (SSSR count). The topological polar surface area (TPSA) is 84.2 Å². The van der Waals surface area contributed by atoms with Crippen LogP contribution in [0.25, 0.3) is 0 Å². The van der Waals surface area contributed by atoms with E-state index in [0.717, 1.165) is 0 Å². The predicted octanol–water partition coefficient (Wildman–Crippen LogP) is 1.19. The lowest BCUT2D eigenvalue weighted by molar-refractivity contribution is 0.589. The molecule has 0 saturated carbocycles. The molecule has 0 heterocycles. The molecular formula is C8H12ClN3O2S. The van der Waals surface area contributed by atoms with Crippen LogP contribution in [-0.2, 0) is 10.2 Å². The maximum Gasteiger partial charge on any atom is 0.299 e. The summed E-state index contributed by atoms with van der Waals surface area (Å²) >= 11 is 5.79. The Morgan fingerprint density at radius 2 is 2.13 bits per heavy atom. The fourth-order valence-electron chi connectivity index (χ4n) is 0.992. The van der Waals surface area contributed by atoms with Crippen LogP contribution in [0.15, 0.2) is 18.2 Å². The SMILES string of the molecule is CCNS(=O)(=O)Nc1cc(N)ccc1Cl. The molecule has 7 heteroatoms. The fourth-order valence-corrected chi connectivity index (χ4v) is 2.12. The summed E-state index contributed by atoms with van der Waals surface area (Å²) in [5.74, 6) is 0. The zero-order valence-electron chi connectivity index (χ0n) is 8.12. The van der Waals surface area contributed by atoms with Crippen LogP contribution in [0.4, 0.5) is 11.4 Å². The molecule has 0 unspecified atom stereocenters. The third kappa shape index (κ3) is 3.58. The van der Waals surface area contributed by atoms with Gasteiger partial charge >= 0.3 is 0 Å². The minimum Gasteiger partial charge on any atom is -0.399 e. The average Bonchev–Trinajstić information content (AvgIpc) is 2.10. The van der Waals surface area contributed by atoms with Gasteiger partial charge in [0.2, 0.25) is 0 Å². The Hall–Kier alpha value is -0.980. The van der Waals surface area contributed by atoms with Crippen molar-refractivity contribution in [1.29, 1.82) is 0 Å². The Kier molecular flexibility index (Phi) is 3.78. The summed E-state index contributed by atoms with van der Waals surface area (Å²) in [6.07, 6.45) is 0. The lowest BCUT2D eigenvalue weighted by atomic mass is 10.3. The van der Waals surface area contributed by atoms with E-state index in [1.165, 1.54) is 12.1 Å². The summed E-state index contributed by atoms with van der Waals surface area (Å²) in [7, 11) is -3.56. The molecule has 5 nitrogen and oxygen atoms in total. The van der Waals surface area contributed by atoms with Crippen LogP contribution in [0.2, 0.25) is 5.02 Å². The highest BCUT2D eigenvalue weighted by Crippen LogP contribution is 2.24. The molecule has 1 aromatic rings. The first kappa shape index (κ1) is 12.1. The molecule has 0 fully saturated rings. The van der Waals surface area contributed by atoms with Crippen molar-refractivity contribution < 1.29 is 8.42 Å². The summed E-state index contributed by atoms with van der Waals surface area (Å²) in [5, 5.41) is 0.297. The first-order valence-corrected chi connectivity index (χ1v) is 6.13. The molecule has 0 amide bonds. The molecule has 15 heavy (non-hydrogen) atoms. The molecule has 0 aliphatic rings. The Balaban J connectivity index is 2.94. The van der Waals surface area contributed by atoms with Crippen molar-refractivity contribution in [3.8, 4) is 0 Å². The van der Waals surface area contributed by atoms with Gasteiger partial charge in [-0.2, -0.15) is 13.1 Å². The Labute approximate surface area is 93.8 Å². The lowest BCUT2D eigenvalue weighted by Crippen LogP contribution is -2.29. The number of hydrogen-bond acceptors (Lipinski definition) is 3. The van der Waals surface area contributed by atoms with Crippen molar-refractivity contribution in [2.75, 3.05) is 17.0 Å². The number of hydrogen-bond donors (Lipinski definition) is 3. The first-order chi connectivity index (χ1) is 6.94. The van der Waals surface area contributed by atoms with E-state index in [1.807, 2.05) is 0 Å². The Morgan fingerprint density at radius 3 is 2.73 bits per heavy atom. The van der Waals surface area contributed by atoms with Gasteiger partial charge in [0.05, 0.1) is 10.7 Å². The van der Waals surface area contributed by atoms with Gasteiger partial charge in [0, 0.05) is 12.2 Å². The fraction of sp³-hybridized carbons (Fsp3) is 0.250. The normalized spacial score (nSPS) is 11.3. The molecule has 84 valence electrons. The molecule has 0 spiro atoms. The zero-order valence-corrected chi connectivity index (χ0v) is 9.69. The maximum atomic E-state index is 11.3. The van der Waals surface area contributed by atoms with Gasteiger partial charge < -0.3 is 5.73 Å². The number of anilines is 2. The van der Waals surface area contributed by atoms with Gasteiger partial charge in [0.25, 0.3) is 10.2 Å². The first-order valence-electron chi connectivity index (χ1n) is 4.27. The number of nitrogens with one attached hydrogen (secondary N) is 2. The van der Waals surface area contributed by atoms with E-state index in [9.17, 15) is 8.42 Å². The molecule has 0 aromatic heterocycles. The van der Waals surface area contributed by atoms with Gasteiger partial charge in [-0.05, 0) is 18.2 Å². The third-order valence-electron chi connectivity index (χ3n) is 1.57. The highest BCUT2D eigenvalue weighted by molar-refractivity contribution is 7.90. The van der Waals surface area contributed by atoms with Gasteiger partial charge in [0.1, 0.15) is 0 Å². The molecule has 4 N–H and O–H groups in total. The minimum absolute atomic E-state index is 0.262. The van der Waals surface area contributed by atoms with Gasteiger partial charge in [-0.25, -0.2) is 0 Å². The number of nitrogen functional groups attached to an aromatic ring is 1. The number of nitrogens with two attached hydrogens (primary N) is 1. The van der Waals surface area contributed by atoms with E-state index in [1.54, 1.807) is 13.0 Å². The third-order valence-corrected chi connectivity index (χ3v) is 3.06. The van der Waals surface area contributed by atoms with Crippen LogP contribution in [0.5, 0.6) is 0 Å². The standard InChI is InChI=1S/C8H12ClN3O2S/c1-2-11-15(13,14)12-8-5-6(10)3-4-7(8)9/h3-5,11-12H,2,10H2,1H3.